The Bertz CT molecular complexity index is 1970. The summed E-state index contributed by atoms with van der Waals surface area (Å²) in [7, 11) is -8.39. The van der Waals surface area contributed by atoms with E-state index in [1.165, 1.54) is 20.7 Å². The number of hydrogen-bond acceptors (Lipinski definition) is 5. The van der Waals surface area contributed by atoms with Gasteiger partial charge in [0.1, 0.15) is 18.1 Å². The molecule has 7 rings (SSSR count). The lowest BCUT2D eigenvalue weighted by molar-refractivity contribution is 0.482. The van der Waals surface area contributed by atoms with E-state index in [9.17, 15) is 21.2 Å². The Morgan fingerprint density at radius 2 is 0.909 bits per heavy atom. The number of benzene rings is 5. The standard InChI is InChI=1S/C34H28FN3O4S2/c1-23-11-19-27(20-12-23)43(39,40)37-31-9-5-3-7-29(31)34-36(26-17-15-25(35)16-18-26)33(37)30-8-4-6-10-32(30)38(34)44(41,42)28-21-13-24(2)14-22-28/h3-22,33-34H,1-2H3. The summed E-state index contributed by atoms with van der Waals surface area (Å²) in [6.45, 7) is 3.77. The van der Waals surface area contributed by atoms with Crippen LogP contribution in [0.25, 0.3) is 0 Å². The number of nitrogens with zero attached hydrogens (tertiary/aromatic N) is 3. The van der Waals surface area contributed by atoms with Crippen molar-refractivity contribution in [2.24, 2.45) is 0 Å². The Morgan fingerprint density at radius 1 is 0.523 bits per heavy atom. The predicted octanol–water partition coefficient (Wildman–Crippen LogP) is 7.06. The number of fused-ring (bicyclic) bond motifs is 6. The summed E-state index contributed by atoms with van der Waals surface area (Å²) in [4.78, 5) is 1.95. The molecular weight excluding hydrogens is 598 g/mol. The molecule has 0 radical (unpaired) electrons. The van der Waals surface area contributed by atoms with Crippen molar-refractivity contribution in [1.29, 1.82) is 0 Å². The van der Waals surface area contributed by atoms with Gasteiger partial charge in [0.25, 0.3) is 20.0 Å². The third-order valence-corrected chi connectivity index (χ3v) is 11.7. The summed E-state index contributed by atoms with van der Waals surface area (Å²) >= 11 is 0. The normalized spacial score (nSPS) is 17.7. The van der Waals surface area contributed by atoms with Gasteiger partial charge in [0.15, 0.2) is 0 Å². The zero-order valence-corrected chi connectivity index (χ0v) is 25.5. The van der Waals surface area contributed by atoms with E-state index in [1.807, 2.05) is 13.8 Å². The molecular formula is C34H28FN3O4S2. The van der Waals surface area contributed by atoms with Crippen molar-refractivity contribution in [3.05, 3.63) is 149 Å². The van der Waals surface area contributed by atoms with Crippen LogP contribution in [-0.4, -0.2) is 16.8 Å². The number of aryl methyl sites for hydroxylation is 2. The first-order chi connectivity index (χ1) is 21.1. The summed E-state index contributed by atoms with van der Waals surface area (Å²) in [5, 5.41) is 0. The van der Waals surface area contributed by atoms with Gasteiger partial charge in [0.05, 0.1) is 21.2 Å². The minimum absolute atomic E-state index is 0.0996. The molecule has 0 fully saturated rings. The van der Waals surface area contributed by atoms with Crippen molar-refractivity contribution < 1.29 is 21.2 Å². The Labute approximate surface area is 256 Å². The molecule has 0 amide bonds. The first kappa shape index (κ1) is 28.1. The second-order valence-electron chi connectivity index (χ2n) is 11.0. The molecule has 0 aromatic heterocycles. The largest absolute Gasteiger partial charge is 0.320 e. The molecule has 2 aliphatic rings. The smallest absolute Gasteiger partial charge is 0.266 e. The lowest BCUT2D eigenvalue weighted by atomic mass is 9.95. The molecule has 44 heavy (non-hydrogen) atoms. The maximum Gasteiger partial charge on any atom is 0.266 e. The molecule has 10 heteroatoms. The minimum atomic E-state index is -4.20. The van der Waals surface area contributed by atoms with Crippen LogP contribution in [-0.2, 0) is 20.0 Å². The number of sulfonamides is 2. The highest BCUT2D eigenvalue weighted by molar-refractivity contribution is 7.93. The Kier molecular flexibility index (Phi) is 6.53. The zero-order chi connectivity index (χ0) is 30.8. The SMILES string of the molecule is Cc1ccc(S(=O)(=O)N2c3ccccc3C3N(c4ccc(F)cc4)C2c2ccccc2N3S(=O)(=O)c2ccc(C)cc2)cc1. The monoisotopic (exact) mass is 625 g/mol. The number of para-hydroxylation sites is 2. The van der Waals surface area contributed by atoms with Gasteiger partial charge < -0.3 is 4.90 Å². The highest BCUT2D eigenvalue weighted by atomic mass is 32.2. The maximum absolute atomic E-state index is 14.6. The first-order valence-corrected chi connectivity index (χ1v) is 16.9. The molecule has 0 spiro atoms. The van der Waals surface area contributed by atoms with Crippen molar-refractivity contribution >= 4 is 37.1 Å². The van der Waals surface area contributed by atoms with Gasteiger partial charge in [-0.25, -0.2) is 29.8 Å². The van der Waals surface area contributed by atoms with Gasteiger partial charge in [-0.3, -0.25) is 0 Å². The zero-order valence-electron chi connectivity index (χ0n) is 23.9. The van der Waals surface area contributed by atoms with E-state index in [0.29, 0.717) is 28.2 Å². The fraction of sp³-hybridized carbons (Fsp3) is 0.118. The lowest BCUT2D eigenvalue weighted by Gasteiger charge is -2.56. The molecule has 5 aromatic carbocycles. The quantitative estimate of drug-likeness (QED) is 0.209. The van der Waals surface area contributed by atoms with Crippen molar-refractivity contribution in [3.63, 3.8) is 0 Å². The van der Waals surface area contributed by atoms with Gasteiger partial charge in [-0.1, -0.05) is 71.8 Å². The number of hydrogen-bond donors (Lipinski definition) is 0. The highest BCUT2D eigenvalue weighted by Gasteiger charge is 2.54. The van der Waals surface area contributed by atoms with Crippen LogP contribution in [0.4, 0.5) is 21.5 Å². The maximum atomic E-state index is 14.6. The molecule has 222 valence electrons. The van der Waals surface area contributed by atoms with E-state index in [2.05, 4.69) is 0 Å². The second kappa shape index (κ2) is 10.2. The van der Waals surface area contributed by atoms with Crippen LogP contribution in [0.15, 0.2) is 131 Å². The van der Waals surface area contributed by atoms with E-state index in [1.54, 1.807) is 114 Å². The van der Waals surface area contributed by atoms with Gasteiger partial charge in [0.2, 0.25) is 0 Å². The van der Waals surface area contributed by atoms with E-state index in [0.717, 1.165) is 11.1 Å². The van der Waals surface area contributed by atoms with Crippen LogP contribution in [0.3, 0.4) is 0 Å². The Morgan fingerprint density at radius 3 is 1.32 bits per heavy atom. The van der Waals surface area contributed by atoms with Crippen LogP contribution in [0, 0.1) is 19.7 Å². The van der Waals surface area contributed by atoms with Crippen LogP contribution in [0.1, 0.15) is 34.6 Å². The second-order valence-corrected chi connectivity index (χ2v) is 14.6. The molecule has 0 saturated heterocycles. The Balaban J connectivity index is 1.57. The Hall–Kier alpha value is -4.67. The fourth-order valence-corrected chi connectivity index (χ4v) is 9.27. The molecule has 0 aliphatic carbocycles. The van der Waals surface area contributed by atoms with Crippen molar-refractivity contribution in [1.82, 2.24) is 0 Å². The average molecular weight is 626 g/mol. The number of rotatable bonds is 5. The number of halogens is 1. The molecule has 2 unspecified atom stereocenters. The van der Waals surface area contributed by atoms with Crippen LogP contribution < -0.4 is 13.5 Å². The molecule has 2 aliphatic heterocycles. The van der Waals surface area contributed by atoms with E-state index in [-0.39, 0.29) is 9.79 Å². The topological polar surface area (TPSA) is 78.0 Å². The summed E-state index contributed by atoms with van der Waals surface area (Å²) in [6, 6.07) is 32.8. The van der Waals surface area contributed by atoms with Crippen LogP contribution >= 0.6 is 0 Å². The van der Waals surface area contributed by atoms with E-state index >= 15 is 0 Å². The summed E-state index contributed by atoms with van der Waals surface area (Å²) in [5.41, 5.74) is 3.94. The average Bonchev–Trinajstić information content (AvgIpc) is 3.01. The van der Waals surface area contributed by atoms with Crippen molar-refractivity contribution in [2.75, 3.05) is 13.5 Å². The molecule has 2 heterocycles. The summed E-state index contributed by atoms with van der Waals surface area (Å²) in [6.07, 6.45) is -1.99. The third kappa shape index (κ3) is 4.28. The fourth-order valence-electron chi connectivity index (χ4n) is 6.05. The molecule has 0 N–H and O–H groups in total. The lowest BCUT2D eigenvalue weighted by Crippen LogP contribution is -2.59. The molecule has 5 aromatic rings. The molecule has 2 atom stereocenters. The highest BCUT2D eigenvalue weighted by Crippen LogP contribution is 2.57. The summed E-state index contributed by atoms with van der Waals surface area (Å²) < 4.78 is 75.5. The van der Waals surface area contributed by atoms with Crippen LogP contribution in [0.2, 0.25) is 0 Å². The van der Waals surface area contributed by atoms with Crippen molar-refractivity contribution in [3.8, 4) is 0 Å². The molecule has 7 nitrogen and oxygen atoms in total. The van der Waals surface area contributed by atoms with E-state index < -0.39 is 38.2 Å². The molecule has 2 bridgehead atoms. The number of anilines is 3. The first-order valence-electron chi connectivity index (χ1n) is 14.0. The summed E-state index contributed by atoms with van der Waals surface area (Å²) in [5.74, 6) is -0.468. The minimum Gasteiger partial charge on any atom is -0.320 e. The van der Waals surface area contributed by atoms with Gasteiger partial charge in [-0.15, -0.1) is 0 Å². The van der Waals surface area contributed by atoms with Gasteiger partial charge >= 0.3 is 0 Å². The third-order valence-electron chi connectivity index (χ3n) is 8.16. The van der Waals surface area contributed by atoms with Gasteiger partial charge in [-0.05, 0) is 74.5 Å². The van der Waals surface area contributed by atoms with Crippen LogP contribution in [0.5, 0.6) is 0 Å². The predicted molar refractivity (Wildman–Crippen MR) is 169 cm³/mol. The van der Waals surface area contributed by atoms with E-state index in [4.69, 9.17) is 0 Å². The van der Waals surface area contributed by atoms with Crippen molar-refractivity contribution in [2.45, 2.75) is 36.0 Å². The van der Waals surface area contributed by atoms with Gasteiger partial charge in [0, 0.05) is 16.8 Å². The molecule has 0 saturated carbocycles. The van der Waals surface area contributed by atoms with Gasteiger partial charge in [-0.2, -0.15) is 0 Å².